The van der Waals surface area contributed by atoms with Crippen molar-refractivity contribution in [3.8, 4) is 11.1 Å². The number of piperidine rings is 1. The topological polar surface area (TPSA) is 103 Å². The fourth-order valence-electron chi connectivity index (χ4n) is 7.14. The Bertz CT molecular complexity index is 1910. The molecule has 248 valence electrons. The molecule has 3 amide bonds. The van der Waals surface area contributed by atoms with Crippen LogP contribution in [0.25, 0.3) is 21.9 Å². The first-order valence-corrected chi connectivity index (χ1v) is 17.2. The summed E-state index contributed by atoms with van der Waals surface area (Å²) >= 11 is 0. The van der Waals surface area contributed by atoms with Crippen LogP contribution in [0.3, 0.4) is 0 Å². The molecular formula is C41H41N5O3. The van der Waals surface area contributed by atoms with E-state index in [0.29, 0.717) is 24.9 Å². The third-order valence-corrected chi connectivity index (χ3v) is 9.84. The van der Waals surface area contributed by atoms with Gasteiger partial charge in [0.05, 0.1) is 11.6 Å². The Balaban J connectivity index is 1.19. The molecule has 4 aromatic carbocycles. The van der Waals surface area contributed by atoms with Crippen LogP contribution in [0.4, 0.5) is 0 Å². The zero-order valence-electron chi connectivity index (χ0n) is 27.4. The number of nitrogens with one attached hydrogen (secondary N) is 3. The summed E-state index contributed by atoms with van der Waals surface area (Å²) in [5.74, 6) is -0.478. The highest BCUT2D eigenvalue weighted by molar-refractivity contribution is 5.99. The predicted octanol–water partition coefficient (Wildman–Crippen LogP) is 5.18. The van der Waals surface area contributed by atoms with E-state index in [1.165, 1.54) is 0 Å². The van der Waals surface area contributed by atoms with E-state index in [9.17, 15) is 14.4 Å². The molecule has 1 aromatic heterocycles. The molecule has 3 atom stereocenters. The number of piperazine rings is 1. The minimum atomic E-state index is -0.934. The molecule has 2 saturated heterocycles. The van der Waals surface area contributed by atoms with Gasteiger partial charge in [-0.05, 0) is 83.4 Å². The highest BCUT2D eigenvalue weighted by Gasteiger charge is 2.42. The molecule has 3 heterocycles. The molecule has 0 saturated carbocycles. The van der Waals surface area contributed by atoms with Crippen molar-refractivity contribution in [2.75, 3.05) is 19.6 Å². The molecular weight excluding hydrogens is 610 g/mol. The molecule has 5 aromatic rings. The number of hydrogen-bond acceptors (Lipinski definition) is 5. The fraction of sp³-hybridized carbons (Fsp3) is 0.268. The molecule has 3 N–H and O–H groups in total. The zero-order valence-corrected chi connectivity index (χ0v) is 27.4. The van der Waals surface area contributed by atoms with Crippen molar-refractivity contribution in [1.82, 2.24) is 25.8 Å². The Morgan fingerprint density at radius 2 is 1.47 bits per heavy atom. The van der Waals surface area contributed by atoms with Gasteiger partial charge in [0, 0.05) is 25.4 Å². The van der Waals surface area contributed by atoms with E-state index >= 15 is 0 Å². The van der Waals surface area contributed by atoms with Crippen LogP contribution in [-0.4, -0.2) is 65.4 Å². The number of hydrogen-bond donors (Lipinski definition) is 3. The van der Waals surface area contributed by atoms with Crippen LogP contribution in [0.2, 0.25) is 0 Å². The number of carbonyl (C=O) groups excluding carboxylic acids is 3. The number of benzene rings is 4. The largest absolute Gasteiger partial charge is 0.342 e. The second kappa shape index (κ2) is 14.8. The SMILES string of the molecule is O=C1N[C@@H](C(Cc2ccc(-c3ccccc3)cc2)N(CC2CCNCC2)C(=O)c2cccnc2)C(=O)N[C@H]1Cc1ccc2ccccc2c1. The summed E-state index contributed by atoms with van der Waals surface area (Å²) < 4.78 is 0. The molecule has 0 bridgehead atoms. The second-order valence-electron chi connectivity index (χ2n) is 13.2. The Labute approximate surface area is 286 Å². The molecule has 0 aliphatic carbocycles. The molecule has 2 aliphatic heterocycles. The smallest absolute Gasteiger partial charge is 0.255 e. The van der Waals surface area contributed by atoms with Gasteiger partial charge >= 0.3 is 0 Å². The Morgan fingerprint density at radius 1 is 0.755 bits per heavy atom. The van der Waals surface area contributed by atoms with Gasteiger partial charge < -0.3 is 20.9 Å². The van der Waals surface area contributed by atoms with Gasteiger partial charge in [-0.15, -0.1) is 0 Å². The number of rotatable bonds is 10. The Morgan fingerprint density at radius 3 is 2.22 bits per heavy atom. The number of carbonyl (C=O) groups is 3. The molecule has 49 heavy (non-hydrogen) atoms. The third-order valence-electron chi connectivity index (χ3n) is 9.84. The second-order valence-corrected chi connectivity index (χ2v) is 13.2. The number of amides is 3. The summed E-state index contributed by atoms with van der Waals surface area (Å²) in [7, 11) is 0. The molecule has 2 fully saturated rings. The lowest BCUT2D eigenvalue weighted by Crippen LogP contribution is -2.69. The lowest BCUT2D eigenvalue weighted by molar-refractivity contribution is -0.138. The molecule has 2 aliphatic rings. The van der Waals surface area contributed by atoms with Gasteiger partial charge in [0.2, 0.25) is 11.8 Å². The summed E-state index contributed by atoms with van der Waals surface area (Å²) in [6.45, 7) is 2.23. The van der Waals surface area contributed by atoms with E-state index in [0.717, 1.165) is 59.0 Å². The quantitative estimate of drug-likeness (QED) is 0.193. The fourth-order valence-corrected chi connectivity index (χ4v) is 7.14. The van der Waals surface area contributed by atoms with Crippen molar-refractivity contribution in [2.24, 2.45) is 5.92 Å². The van der Waals surface area contributed by atoms with E-state index in [4.69, 9.17) is 0 Å². The van der Waals surface area contributed by atoms with Gasteiger partial charge in [-0.2, -0.15) is 0 Å². The van der Waals surface area contributed by atoms with Crippen LogP contribution in [-0.2, 0) is 22.4 Å². The molecule has 0 radical (unpaired) electrons. The monoisotopic (exact) mass is 651 g/mol. The van der Waals surface area contributed by atoms with E-state index in [-0.39, 0.29) is 23.6 Å². The van der Waals surface area contributed by atoms with Crippen LogP contribution in [0, 0.1) is 5.92 Å². The van der Waals surface area contributed by atoms with Gasteiger partial charge in [-0.1, -0.05) is 97.1 Å². The average Bonchev–Trinajstić information content (AvgIpc) is 3.15. The van der Waals surface area contributed by atoms with Crippen molar-refractivity contribution >= 4 is 28.5 Å². The standard InChI is InChI=1S/C41H41N5O3/c47-39-36(24-30-14-17-32-9-4-5-10-34(32)23-30)44-40(48)38(45-39)37(25-28-12-15-33(16-13-28)31-7-2-1-3-8-31)46(27-29-18-21-42-22-19-29)41(49)35-11-6-20-43-26-35/h1-17,20,23,26,29,36-38,42H,18-19,21-22,24-25,27H2,(H,44,48)(H,45,47)/t36-,37?,38-/m0/s1. The van der Waals surface area contributed by atoms with Crippen LogP contribution in [0.5, 0.6) is 0 Å². The minimum Gasteiger partial charge on any atom is -0.342 e. The molecule has 8 nitrogen and oxygen atoms in total. The van der Waals surface area contributed by atoms with Crippen molar-refractivity contribution < 1.29 is 14.4 Å². The lowest BCUT2D eigenvalue weighted by Gasteiger charge is -2.42. The van der Waals surface area contributed by atoms with Gasteiger partial charge in [-0.25, -0.2) is 0 Å². The van der Waals surface area contributed by atoms with Gasteiger partial charge in [0.1, 0.15) is 12.1 Å². The number of fused-ring (bicyclic) bond motifs is 1. The summed E-state index contributed by atoms with van der Waals surface area (Å²) in [5, 5.41) is 11.7. The maximum absolute atomic E-state index is 14.4. The van der Waals surface area contributed by atoms with Crippen LogP contribution >= 0.6 is 0 Å². The molecule has 7 rings (SSSR count). The van der Waals surface area contributed by atoms with Crippen LogP contribution in [0.1, 0.15) is 34.3 Å². The van der Waals surface area contributed by atoms with Crippen molar-refractivity contribution in [3.63, 3.8) is 0 Å². The van der Waals surface area contributed by atoms with Crippen molar-refractivity contribution in [1.29, 1.82) is 0 Å². The van der Waals surface area contributed by atoms with E-state index in [2.05, 4.69) is 69.5 Å². The maximum atomic E-state index is 14.4. The zero-order chi connectivity index (χ0) is 33.6. The van der Waals surface area contributed by atoms with Crippen molar-refractivity contribution in [3.05, 3.63) is 138 Å². The Kier molecular flexibility index (Phi) is 9.75. The van der Waals surface area contributed by atoms with Crippen LogP contribution < -0.4 is 16.0 Å². The summed E-state index contributed by atoms with van der Waals surface area (Å²) in [6, 6.07) is 33.8. The maximum Gasteiger partial charge on any atom is 0.255 e. The molecule has 8 heteroatoms. The van der Waals surface area contributed by atoms with Crippen LogP contribution in [0.15, 0.2) is 122 Å². The van der Waals surface area contributed by atoms with E-state index in [1.54, 1.807) is 24.5 Å². The number of aromatic nitrogens is 1. The molecule has 1 unspecified atom stereocenters. The third kappa shape index (κ3) is 7.55. The lowest BCUT2D eigenvalue weighted by atomic mass is 9.90. The number of nitrogens with zero attached hydrogens (tertiary/aromatic N) is 2. The first kappa shape index (κ1) is 32.2. The van der Waals surface area contributed by atoms with Crippen molar-refractivity contribution in [2.45, 2.75) is 43.8 Å². The van der Waals surface area contributed by atoms with E-state index in [1.807, 2.05) is 53.4 Å². The first-order valence-electron chi connectivity index (χ1n) is 17.2. The highest BCUT2D eigenvalue weighted by Crippen LogP contribution is 2.26. The summed E-state index contributed by atoms with van der Waals surface area (Å²) in [6.07, 6.45) is 5.82. The number of pyridine rings is 1. The average molecular weight is 652 g/mol. The highest BCUT2D eigenvalue weighted by atomic mass is 16.2. The van der Waals surface area contributed by atoms with Gasteiger partial charge in [0.15, 0.2) is 0 Å². The predicted molar refractivity (Wildman–Crippen MR) is 192 cm³/mol. The summed E-state index contributed by atoms with van der Waals surface area (Å²) in [4.78, 5) is 48.3. The van der Waals surface area contributed by atoms with Gasteiger partial charge in [0.25, 0.3) is 5.91 Å². The van der Waals surface area contributed by atoms with E-state index < -0.39 is 18.1 Å². The first-order chi connectivity index (χ1) is 24.0. The molecule has 0 spiro atoms. The normalized spacial score (nSPS) is 18.8. The minimum absolute atomic E-state index is 0.196. The van der Waals surface area contributed by atoms with Gasteiger partial charge in [-0.3, -0.25) is 19.4 Å². The Hall–Kier alpha value is -5.34. The summed E-state index contributed by atoms with van der Waals surface area (Å²) in [5.41, 5.74) is 4.59.